The van der Waals surface area contributed by atoms with Gasteiger partial charge < -0.3 is 15.4 Å². The fraction of sp³-hybridized carbons (Fsp3) is 0.192. The summed E-state index contributed by atoms with van der Waals surface area (Å²) in [5.41, 5.74) is 2.30. The molecule has 6 nitrogen and oxygen atoms in total. The van der Waals surface area contributed by atoms with Crippen LogP contribution < -0.4 is 20.7 Å². The molecular weight excluding hydrogens is 434 g/mol. The smallest absolute Gasteiger partial charge is 0.261 e. The number of rotatable bonds is 8. The monoisotopic (exact) mass is 461 g/mol. The molecule has 33 heavy (non-hydrogen) atoms. The Labute approximate surface area is 199 Å². The predicted molar refractivity (Wildman–Crippen MR) is 135 cm³/mol. The van der Waals surface area contributed by atoms with Crippen molar-refractivity contribution in [2.24, 2.45) is 5.92 Å². The van der Waals surface area contributed by atoms with Crippen molar-refractivity contribution in [1.82, 2.24) is 10.6 Å². The molecule has 7 heteroatoms. The van der Waals surface area contributed by atoms with Gasteiger partial charge in [-0.1, -0.05) is 68.4 Å². The minimum absolute atomic E-state index is 0.0852. The highest BCUT2D eigenvalue weighted by molar-refractivity contribution is 7.80. The molecule has 0 aliphatic carbocycles. The highest BCUT2D eigenvalue weighted by atomic mass is 32.1. The highest BCUT2D eigenvalue weighted by Crippen LogP contribution is 2.19. The Morgan fingerprint density at radius 3 is 2.21 bits per heavy atom. The van der Waals surface area contributed by atoms with Gasteiger partial charge in [0.15, 0.2) is 5.11 Å². The molecule has 2 amide bonds. The Morgan fingerprint density at radius 2 is 1.48 bits per heavy atom. The molecule has 0 unspecified atom stereocenters. The number of para-hydroxylation sites is 2. The molecule has 0 aliphatic rings. The summed E-state index contributed by atoms with van der Waals surface area (Å²) >= 11 is 5.33. The van der Waals surface area contributed by atoms with E-state index in [1.54, 1.807) is 42.5 Å². The number of carbonyl (C=O) groups excluding carboxylic acids is 2. The Kier molecular flexibility index (Phi) is 8.55. The Morgan fingerprint density at radius 1 is 0.848 bits per heavy atom. The summed E-state index contributed by atoms with van der Waals surface area (Å²) < 4.78 is 5.76. The topological polar surface area (TPSA) is 79.5 Å². The molecule has 0 fully saturated rings. The Hall–Kier alpha value is -3.71. The zero-order valence-electron chi connectivity index (χ0n) is 18.6. The molecule has 0 bridgehead atoms. The molecule has 170 valence electrons. The second kappa shape index (κ2) is 11.8. The van der Waals surface area contributed by atoms with Crippen molar-refractivity contribution in [3.05, 3.63) is 95.6 Å². The van der Waals surface area contributed by atoms with Crippen molar-refractivity contribution < 1.29 is 14.3 Å². The maximum Gasteiger partial charge on any atom is 0.261 e. The normalized spacial score (nSPS) is 10.4. The van der Waals surface area contributed by atoms with Crippen LogP contribution in [0.5, 0.6) is 5.75 Å². The van der Waals surface area contributed by atoms with Gasteiger partial charge in [0, 0.05) is 6.54 Å². The van der Waals surface area contributed by atoms with Gasteiger partial charge in [-0.05, 0) is 48.0 Å². The second-order valence-electron chi connectivity index (χ2n) is 7.82. The lowest BCUT2D eigenvalue weighted by Gasteiger charge is -2.15. The van der Waals surface area contributed by atoms with Crippen LogP contribution in [0.15, 0.2) is 78.9 Å². The molecule has 0 aromatic heterocycles. The largest absolute Gasteiger partial charge is 0.492 e. The van der Waals surface area contributed by atoms with Crippen molar-refractivity contribution >= 4 is 34.8 Å². The first-order valence-electron chi connectivity index (χ1n) is 10.7. The average molecular weight is 462 g/mol. The van der Waals surface area contributed by atoms with Crippen LogP contribution in [-0.4, -0.2) is 23.5 Å². The third-order valence-electron chi connectivity index (χ3n) is 4.65. The van der Waals surface area contributed by atoms with Crippen LogP contribution in [0.25, 0.3) is 0 Å². The number of nitrogens with one attached hydrogen (secondary N) is 3. The summed E-state index contributed by atoms with van der Waals surface area (Å²) in [5.74, 6) is 0.182. The van der Waals surface area contributed by atoms with E-state index < -0.39 is 5.91 Å². The number of hydrogen-bond donors (Lipinski definition) is 3. The number of benzene rings is 3. The third-order valence-corrected chi connectivity index (χ3v) is 4.85. The van der Waals surface area contributed by atoms with E-state index in [2.05, 4.69) is 16.0 Å². The molecule has 0 aliphatic heterocycles. The molecule has 0 saturated heterocycles. The van der Waals surface area contributed by atoms with Crippen molar-refractivity contribution in [3.63, 3.8) is 0 Å². The van der Waals surface area contributed by atoms with Crippen LogP contribution in [-0.2, 0) is 6.54 Å². The first kappa shape index (κ1) is 23.9. The predicted octanol–water partition coefficient (Wildman–Crippen LogP) is 4.78. The lowest BCUT2D eigenvalue weighted by Crippen LogP contribution is -2.35. The van der Waals surface area contributed by atoms with Crippen LogP contribution in [0.3, 0.4) is 0 Å². The molecule has 3 aromatic carbocycles. The SMILES string of the molecule is CC(C)COc1ccccc1C(=O)NC(=S)Nc1ccccc1C(=O)NCc1ccccc1. The van der Waals surface area contributed by atoms with Gasteiger partial charge in [-0.3, -0.25) is 14.9 Å². The number of hydrogen-bond acceptors (Lipinski definition) is 4. The minimum Gasteiger partial charge on any atom is -0.492 e. The van der Waals surface area contributed by atoms with Gasteiger partial charge in [0.25, 0.3) is 11.8 Å². The first-order chi connectivity index (χ1) is 15.9. The molecular formula is C26H27N3O3S. The lowest BCUT2D eigenvalue weighted by atomic mass is 10.1. The summed E-state index contributed by atoms with van der Waals surface area (Å²) in [7, 11) is 0. The summed E-state index contributed by atoms with van der Waals surface area (Å²) in [6, 6.07) is 23.6. The molecule has 3 aromatic rings. The van der Waals surface area contributed by atoms with Crippen LogP contribution in [0.4, 0.5) is 5.69 Å². The van der Waals surface area contributed by atoms with Gasteiger partial charge in [0.1, 0.15) is 5.75 Å². The second-order valence-corrected chi connectivity index (χ2v) is 8.23. The van der Waals surface area contributed by atoms with E-state index in [1.165, 1.54) is 0 Å². The fourth-order valence-corrected chi connectivity index (χ4v) is 3.23. The van der Waals surface area contributed by atoms with E-state index >= 15 is 0 Å². The number of amides is 2. The standard InChI is InChI=1S/C26H27N3O3S/c1-18(2)17-32-23-15-9-7-13-21(23)25(31)29-26(33)28-22-14-8-6-12-20(22)24(30)27-16-19-10-4-3-5-11-19/h3-15,18H,16-17H2,1-2H3,(H,27,30)(H2,28,29,31,33). The van der Waals surface area contributed by atoms with Crippen LogP contribution in [0.2, 0.25) is 0 Å². The summed E-state index contributed by atoms with van der Waals surface area (Å²) in [6.45, 7) is 4.98. The van der Waals surface area contributed by atoms with Gasteiger partial charge in [-0.15, -0.1) is 0 Å². The van der Waals surface area contributed by atoms with Crippen molar-refractivity contribution in [2.75, 3.05) is 11.9 Å². The average Bonchev–Trinajstić information content (AvgIpc) is 2.82. The quantitative estimate of drug-likeness (QED) is 0.421. The molecule has 0 atom stereocenters. The van der Waals surface area contributed by atoms with Crippen molar-refractivity contribution in [3.8, 4) is 5.75 Å². The maximum atomic E-state index is 12.8. The van der Waals surface area contributed by atoms with Gasteiger partial charge in [-0.2, -0.15) is 0 Å². The van der Waals surface area contributed by atoms with E-state index in [4.69, 9.17) is 17.0 Å². The summed E-state index contributed by atoms with van der Waals surface area (Å²) in [4.78, 5) is 25.5. The molecule has 3 rings (SSSR count). The van der Waals surface area contributed by atoms with Crippen molar-refractivity contribution in [2.45, 2.75) is 20.4 Å². The number of carbonyl (C=O) groups is 2. The summed E-state index contributed by atoms with van der Waals surface area (Å²) in [6.07, 6.45) is 0. The molecule has 0 heterocycles. The number of thiocarbonyl (C=S) groups is 1. The van der Waals surface area contributed by atoms with E-state index in [0.29, 0.717) is 41.6 Å². The fourth-order valence-electron chi connectivity index (χ4n) is 3.02. The number of anilines is 1. The molecule has 0 saturated carbocycles. The van der Waals surface area contributed by atoms with Gasteiger partial charge >= 0.3 is 0 Å². The van der Waals surface area contributed by atoms with Crippen LogP contribution in [0, 0.1) is 5.92 Å². The maximum absolute atomic E-state index is 12.8. The van der Waals surface area contributed by atoms with Gasteiger partial charge in [0.05, 0.1) is 23.4 Å². The molecule has 3 N–H and O–H groups in total. The van der Waals surface area contributed by atoms with E-state index in [9.17, 15) is 9.59 Å². The molecule has 0 radical (unpaired) electrons. The zero-order valence-corrected chi connectivity index (χ0v) is 19.4. The minimum atomic E-state index is -0.391. The Balaban J connectivity index is 1.64. The van der Waals surface area contributed by atoms with Crippen LogP contribution >= 0.6 is 12.2 Å². The van der Waals surface area contributed by atoms with E-state index in [1.807, 2.05) is 50.2 Å². The van der Waals surface area contributed by atoms with Gasteiger partial charge in [0.2, 0.25) is 0 Å². The first-order valence-corrected chi connectivity index (χ1v) is 11.1. The zero-order chi connectivity index (χ0) is 23.6. The summed E-state index contributed by atoms with van der Waals surface area (Å²) in [5, 5.41) is 8.61. The van der Waals surface area contributed by atoms with Gasteiger partial charge in [-0.25, -0.2) is 0 Å². The van der Waals surface area contributed by atoms with Crippen LogP contribution in [0.1, 0.15) is 40.1 Å². The van der Waals surface area contributed by atoms with E-state index in [0.717, 1.165) is 5.56 Å². The Bertz CT molecular complexity index is 1120. The lowest BCUT2D eigenvalue weighted by molar-refractivity contribution is 0.0949. The highest BCUT2D eigenvalue weighted by Gasteiger charge is 2.16. The third kappa shape index (κ3) is 7.15. The van der Waals surface area contributed by atoms with E-state index in [-0.39, 0.29) is 11.0 Å². The molecule has 0 spiro atoms. The van der Waals surface area contributed by atoms with Crippen molar-refractivity contribution in [1.29, 1.82) is 0 Å². The number of ether oxygens (including phenoxy) is 1.